The highest BCUT2D eigenvalue weighted by atomic mass is 32.2. The number of pyridine rings is 1. The summed E-state index contributed by atoms with van der Waals surface area (Å²) in [5, 5.41) is 3.71. The summed E-state index contributed by atoms with van der Waals surface area (Å²) in [5.74, 6) is 1.75. The van der Waals surface area contributed by atoms with Crippen LogP contribution in [0, 0.1) is 13.8 Å². The van der Waals surface area contributed by atoms with Crippen molar-refractivity contribution in [2.75, 3.05) is 19.5 Å². The Labute approximate surface area is 197 Å². The molecule has 0 aliphatic carbocycles. The summed E-state index contributed by atoms with van der Waals surface area (Å²) in [4.78, 5) is 21.9. The van der Waals surface area contributed by atoms with Crippen LogP contribution in [0.2, 0.25) is 0 Å². The van der Waals surface area contributed by atoms with Crippen LogP contribution < -0.4 is 14.8 Å². The highest BCUT2D eigenvalue weighted by Crippen LogP contribution is 2.30. The summed E-state index contributed by atoms with van der Waals surface area (Å²) < 4.78 is 12.5. The second-order valence-corrected chi connectivity index (χ2v) is 8.62. The molecule has 1 amide bonds. The lowest BCUT2D eigenvalue weighted by Gasteiger charge is -2.12. The van der Waals surface area contributed by atoms with E-state index >= 15 is 0 Å². The number of nitrogens with zero attached hydrogens (tertiary/aromatic N) is 3. The smallest absolute Gasteiger partial charge is 0.244 e. The molecule has 0 fully saturated rings. The summed E-state index contributed by atoms with van der Waals surface area (Å²) >= 11 is 1.62. The standard InChI is InChI=1S/C25H26N4O3S/c1-16-5-6-17(2)18(11-16)15-33-25-28-20-9-10-26-13-21(20)29(25)14-24(30)27-19-7-8-22(31-3)23(12-19)32-4/h5-13H,14-15H2,1-4H3,(H,27,30). The minimum atomic E-state index is -0.168. The first-order valence-corrected chi connectivity index (χ1v) is 11.5. The molecule has 170 valence electrons. The first-order valence-electron chi connectivity index (χ1n) is 10.5. The maximum Gasteiger partial charge on any atom is 0.244 e. The molecule has 2 aromatic carbocycles. The molecule has 4 aromatic rings. The Morgan fingerprint density at radius 3 is 2.67 bits per heavy atom. The van der Waals surface area contributed by atoms with Crippen molar-refractivity contribution >= 4 is 34.4 Å². The van der Waals surface area contributed by atoms with Gasteiger partial charge in [-0.05, 0) is 43.2 Å². The van der Waals surface area contributed by atoms with Gasteiger partial charge in [-0.2, -0.15) is 0 Å². The fourth-order valence-electron chi connectivity index (χ4n) is 3.57. The van der Waals surface area contributed by atoms with Crippen LogP contribution in [-0.2, 0) is 17.1 Å². The van der Waals surface area contributed by atoms with Gasteiger partial charge < -0.3 is 19.4 Å². The molecule has 0 atom stereocenters. The Kier molecular flexibility index (Phi) is 6.84. The third kappa shape index (κ3) is 5.12. The minimum absolute atomic E-state index is 0.117. The van der Waals surface area contributed by atoms with Crippen LogP contribution in [0.1, 0.15) is 16.7 Å². The summed E-state index contributed by atoms with van der Waals surface area (Å²) in [5.41, 5.74) is 5.99. The lowest BCUT2D eigenvalue weighted by Crippen LogP contribution is -2.19. The van der Waals surface area contributed by atoms with Gasteiger partial charge in [0.05, 0.1) is 31.4 Å². The van der Waals surface area contributed by atoms with Gasteiger partial charge >= 0.3 is 0 Å². The van der Waals surface area contributed by atoms with E-state index in [2.05, 4.69) is 42.3 Å². The molecule has 0 aliphatic rings. The molecular formula is C25H26N4O3S. The summed E-state index contributed by atoms with van der Waals surface area (Å²) in [7, 11) is 3.14. The maximum atomic E-state index is 12.9. The summed E-state index contributed by atoms with van der Waals surface area (Å²) in [6, 6.07) is 13.6. The van der Waals surface area contributed by atoms with Crippen molar-refractivity contribution in [1.29, 1.82) is 0 Å². The number of hydrogen-bond acceptors (Lipinski definition) is 6. The predicted octanol–water partition coefficient (Wildman–Crippen LogP) is 5.00. The van der Waals surface area contributed by atoms with Crippen LogP contribution in [0.25, 0.3) is 11.0 Å². The van der Waals surface area contributed by atoms with E-state index in [9.17, 15) is 4.79 Å². The molecule has 8 heteroatoms. The number of nitrogens with one attached hydrogen (secondary N) is 1. The number of aryl methyl sites for hydroxylation is 2. The second-order valence-electron chi connectivity index (χ2n) is 7.68. The molecule has 0 bridgehead atoms. The number of rotatable bonds is 8. The molecule has 0 unspecified atom stereocenters. The molecule has 2 aromatic heterocycles. The van der Waals surface area contributed by atoms with Gasteiger partial charge in [-0.25, -0.2) is 4.98 Å². The van der Waals surface area contributed by atoms with Crippen molar-refractivity contribution < 1.29 is 14.3 Å². The molecule has 33 heavy (non-hydrogen) atoms. The number of fused-ring (bicyclic) bond motifs is 1. The van der Waals surface area contributed by atoms with Crippen LogP contribution in [0.4, 0.5) is 5.69 Å². The number of anilines is 1. The van der Waals surface area contributed by atoms with Crippen LogP contribution in [-0.4, -0.2) is 34.7 Å². The fourth-order valence-corrected chi connectivity index (χ4v) is 4.64. The average Bonchev–Trinajstić information content (AvgIpc) is 3.16. The van der Waals surface area contributed by atoms with Crippen molar-refractivity contribution in [3.8, 4) is 11.5 Å². The zero-order chi connectivity index (χ0) is 23.4. The summed E-state index contributed by atoms with van der Waals surface area (Å²) in [6.45, 7) is 4.32. The van der Waals surface area contributed by atoms with Gasteiger partial charge in [0.25, 0.3) is 0 Å². The largest absolute Gasteiger partial charge is 0.493 e. The Hall–Kier alpha value is -3.52. The van der Waals surface area contributed by atoms with Crippen LogP contribution >= 0.6 is 11.8 Å². The number of carbonyl (C=O) groups excluding carboxylic acids is 1. The number of carbonyl (C=O) groups is 1. The Balaban J connectivity index is 1.56. The first-order chi connectivity index (χ1) is 16.0. The van der Waals surface area contributed by atoms with E-state index in [1.165, 1.54) is 16.7 Å². The normalized spacial score (nSPS) is 10.9. The lowest BCUT2D eigenvalue weighted by atomic mass is 10.1. The topological polar surface area (TPSA) is 78.3 Å². The molecule has 4 rings (SSSR count). The van der Waals surface area contributed by atoms with E-state index in [1.807, 2.05) is 10.6 Å². The minimum Gasteiger partial charge on any atom is -0.493 e. The molecule has 0 saturated heterocycles. The molecule has 0 radical (unpaired) electrons. The Morgan fingerprint density at radius 2 is 1.88 bits per heavy atom. The number of thioether (sulfide) groups is 1. The van der Waals surface area contributed by atoms with Gasteiger partial charge in [-0.1, -0.05) is 35.5 Å². The van der Waals surface area contributed by atoms with Gasteiger partial charge in [-0.15, -0.1) is 0 Å². The third-order valence-electron chi connectivity index (χ3n) is 5.35. The van der Waals surface area contributed by atoms with Crippen molar-refractivity contribution in [3.05, 3.63) is 71.5 Å². The molecule has 2 heterocycles. The van der Waals surface area contributed by atoms with E-state index in [0.29, 0.717) is 17.2 Å². The molecule has 0 aliphatic heterocycles. The number of imidazole rings is 1. The predicted molar refractivity (Wildman–Crippen MR) is 131 cm³/mol. The van der Waals surface area contributed by atoms with E-state index in [1.54, 1.807) is 56.6 Å². The fraction of sp³-hybridized carbons (Fsp3) is 0.240. The SMILES string of the molecule is COc1ccc(NC(=O)Cn2c(SCc3cc(C)ccc3C)nc3ccncc32)cc1OC. The molecule has 0 spiro atoms. The highest BCUT2D eigenvalue weighted by molar-refractivity contribution is 7.98. The molecule has 0 saturated carbocycles. The summed E-state index contributed by atoms with van der Waals surface area (Å²) in [6.07, 6.45) is 3.45. The average molecular weight is 463 g/mol. The van der Waals surface area contributed by atoms with Gasteiger partial charge in [0.1, 0.15) is 6.54 Å². The number of hydrogen-bond donors (Lipinski definition) is 1. The number of methoxy groups -OCH3 is 2. The third-order valence-corrected chi connectivity index (χ3v) is 6.37. The quantitative estimate of drug-likeness (QED) is 0.372. The highest BCUT2D eigenvalue weighted by Gasteiger charge is 2.16. The van der Waals surface area contributed by atoms with Crippen molar-refractivity contribution in [2.45, 2.75) is 31.3 Å². The number of aromatic nitrogens is 3. The second kappa shape index (κ2) is 9.95. The van der Waals surface area contributed by atoms with Gasteiger partial charge in [0.15, 0.2) is 16.7 Å². The van der Waals surface area contributed by atoms with E-state index in [-0.39, 0.29) is 12.5 Å². The Bertz CT molecular complexity index is 1300. The van der Waals surface area contributed by atoms with E-state index < -0.39 is 0 Å². The number of benzene rings is 2. The monoisotopic (exact) mass is 462 g/mol. The van der Waals surface area contributed by atoms with Crippen molar-refractivity contribution in [2.24, 2.45) is 0 Å². The number of ether oxygens (including phenoxy) is 2. The van der Waals surface area contributed by atoms with E-state index in [4.69, 9.17) is 14.5 Å². The lowest BCUT2D eigenvalue weighted by molar-refractivity contribution is -0.116. The molecular weight excluding hydrogens is 436 g/mol. The molecule has 7 nitrogen and oxygen atoms in total. The van der Waals surface area contributed by atoms with Gasteiger partial charge in [0, 0.05) is 23.7 Å². The van der Waals surface area contributed by atoms with E-state index in [0.717, 1.165) is 21.9 Å². The maximum absolute atomic E-state index is 12.9. The Morgan fingerprint density at radius 1 is 1.06 bits per heavy atom. The zero-order valence-electron chi connectivity index (χ0n) is 19.1. The number of amides is 1. The van der Waals surface area contributed by atoms with Crippen molar-refractivity contribution in [1.82, 2.24) is 14.5 Å². The zero-order valence-corrected chi connectivity index (χ0v) is 19.9. The first kappa shape index (κ1) is 22.7. The van der Waals surface area contributed by atoms with Crippen LogP contribution in [0.5, 0.6) is 11.5 Å². The van der Waals surface area contributed by atoms with Crippen LogP contribution in [0.3, 0.4) is 0 Å². The van der Waals surface area contributed by atoms with Crippen molar-refractivity contribution in [3.63, 3.8) is 0 Å². The van der Waals surface area contributed by atoms with Gasteiger partial charge in [-0.3, -0.25) is 9.78 Å². The molecule has 1 N–H and O–H groups in total. The van der Waals surface area contributed by atoms with Gasteiger partial charge in [0.2, 0.25) is 5.91 Å². The van der Waals surface area contributed by atoms with Crippen LogP contribution in [0.15, 0.2) is 60.0 Å².